The Morgan fingerprint density at radius 3 is 2.33 bits per heavy atom. The van der Waals surface area contributed by atoms with E-state index in [9.17, 15) is 9.59 Å². The summed E-state index contributed by atoms with van der Waals surface area (Å²) in [6, 6.07) is 24.3. The van der Waals surface area contributed by atoms with E-state index in [1.807, 2.05) is 42.5 Å². The van der Waals surface area contributed by atoms with Gasteiger partial charge in [0.25, 0.3) is 5.91 Å². The van der Waals surface area contributed by atoms with Crippen molar-refractivity contribution < 1.29 is 23.5 Å². The number of amides is 2. The number of morpholine rings is 1. The average Bonchev–Trinajstić information content (AvgIpc) is 3.38. The summed E-state index contributed by atoms with van der Waals surface area (Å²) in [7, 11) is 0. The van der Waals surface area contributed by atoms with E-state index >= 15 is 0 Å². The molecule has 184 valence electrons. The molecule has 8 nitrogen and oxygen atoms in total. The lowest BCUT2D eigenvalue weighted by Gasteiger charge is -2.25. The van der Waals surface area contributed by atoms with Crippen LogP contribution in [0.4, 0.5) is 11.4 Å². The van der Waals surface area contributed by atoms with Crippen LogP contribution >= 0.6 is 0 Å². The molecule has 36 heavy (non-hydrogen) atoms. The first kappa shape index (κ1) is 23.6. The van der Waals surface area contributed by atoms with Gasteiger partial charge in [-0.3, -0.25) is 14.5 Å². The van der Waals surface area contributed by atoms with Crippen LogP contribution in [0, 0.1) is 0 Å². The van der Waals surface area contributed by atoms with Gasteiger partial charge in [-0.05, 0) is 59.3 Å². The number of furan rings is 1. The molecule has 0 aliphatic carbocycles. The molecule has 1 saturated heterocycles. The highest BCUT2D eigenvalue weighted by Gasteiger charge is 2.15. The number of hydrogen-bond donors (Lipinski definition) is 2. The van der Waals surface area contributed by atoms with E-state index in [0.29, 0.717) is 36.9 Å². The third-order valence-corrected chi connectivity index (χ3v) is 5.88. The van der Waals surface area contributed by atoms with Crippen LogP contribution in [0.25, 0.3) is 10.8 Å². The smallest absolute Gasteiger partial charge is 0.291 e. The fourth-order valence-corrected chi connectivity index (χ4v) is 3.98. The highest BCUT2D eigenvalue weighted by Crippen LogP contribution is 2.22. The Labute approximate surface area is 208 Å². The summed E-state index contributed by atoms with van der Waals surface area (Å²) in [5.74, 6) is 1.02. The molecule has 1 aliphatic heterocycles. The maximum Gasteiger partial charge on any atom is 0.291 e. The second kappa shape index (κ2) is 11.1. The molecule has 1 fully saturated rings. The van der Waals surface area contributed by atoms with Crippen molar-refractivity contribution in [2.24, 2.45) is 0 Å². The number of carbonyl (C=O) groups is 2. The number of nitrogens with zero attached hydrogens (tertiary/aromatic N) is 1. The standard InChI is InChI=1S/C28H27N3O5/c32-27(18-31-13-15-34-16-14-31)29-22-6-8-23(9-7-22)30-28(33)26-12-11-25(36-26)19-35-24-10-5-20-3-1-2-4-21(20)17-24/h1-12,17H,13-16,18-19H2,(H,29,32)(H,30,33). The Kier molecular flexibility index (Phi) is 7.25. The van der Waals surface area contributed by atoms with Crippen molar-refractivity contribution in [1.29, 1.82) is 0 Å². The summed E-state index contributed by atoms with van der Waals surface area (Å²) in [6.45, 7) is 3.34. The number of benzene rings is 3. The maximum absolute atomic E-state index is 12.6. The van der Waals surface area contributed by atoms with Gasteiger partial charge < -0.3 is 24.5 Å². The van der Waals surface area contributed by atoms with Crippen LogP contribution in [0.3, 0.4) is 0 Å². The fourth-order valence-electron chi connectivity index (χ4n) is 3.98. The number of hydrogen-bond acceptors (Lipinski definition) is 6. The van der Waals surface area contributed by atoms with Gasteiger partial charge in [0.15, 0.2) is 5.76 Å². The molecular weight excluding hydrogens is 458 g/mol. The van der Waals surface area contributed by atoms with E-state index in [0.717, 1.165) is 29.6 Å². The Hall–Kier alpha value is -4.14. The first-order valence-corrected chi connectivity index (χ1v) is 11.8. The zero-order chi connectivity index (χ0) is 24.7. The third-order valence-electron chi connectivity index (χ3n) is 5.88. The zero-order valence-electron chi connectivity index (χ0n) is 19.7. The minimum Gasteiger partial charge on any atom is -0.486 e. The minimum atomic E-state index is -0.365. The van der Waals surface area contributed by atoms with Crippen molar-refractivity contribution in [2.75, 3.05) is 43.5 Å². The summed E-state index contributed by atoms with van der Waals surface area (Å²) >= 11 is 0. The number of carbonyl (C=O) groups excluding carboxylic acids is 2. The van der Waals surface area contributed by atoms with Crippen molar-refractivity contribution >= 4 is 34.0 Å². The number of anilines is 2. The van der Waals surface area contributed by atoms with Gasteiger partial charge in [-0.1, -0.05) is 30.3 Å². The first-order chi connectivity index (χ1) is 17.6. The summed E-state index contributed by atoms with van der Waals surface area (Å²) in [5, 5.41) is 7.92. The van der Waals surface area contributed by atoms with Gasteiger partial charge in [0.2, 0.25) is 5.91 Å². The van der Waals surface area contributed by atoms with Crippen LogP contribution in [0.5, 0.6) is 5.75 Å². The minimum absolute atomic E-state index is 0.0808. The third kappa shape index (κ3) is 6.10. The van der Waals surface area contributed by atoms with Gasteiger partial charge in [-0.2, -0.15) is 0 Å². The molecule has 4 aromatic rings. The predicted octanol–water partition coefficient (Wildman–Crippen LogP) is 4.53. The molecule has 0 radical (unpaired) electrons. The Morgan fingerprint density at radius 2 is 1.56 bits per heavy atom. The highest BCUT2D eigenvalue weighted by atomic mass is 16.5. The molecule has 2 heterocycles. The van der Waals surface area contributed by atoms with Crippen molar-refractivity contribution in [3.8, 4) is 5.75 Å². The van der Waals surface area contributed by atoms with Gasteiger partial charge in [-0.15, -0.1) is 0 Å². The monoisotopic (exact) mass is 485 g/mol. The van der Waals surface area contributed by atoms with Crippen molar-refractivity contribution in [3.05, 3.63) is 90.4 Å². The average molecular weight is 486 g/mol. The normalized spacial score (nSPS) is 13.9. The van der Waals surface area contributed by atoms with Crippen LogP contribution in [0.2, 0.25) is 0 Å². The van der Waals surface area contributed by atoms with Gasteiger partial charge >= 0.3 is 0 Å². The van der Waals surface area contributed by atoms with E-state index in [4.69, 9.17) is 13.9 Å². The second-order valence-electron chi connectivity index (χ2n) is 8.53. The largest absolute Gasteiger partial charge is 0.486 e. The first-order valence-electron chi connectivity index (χ1n) is 11.8. The zero-order valence-corrected chi connectivity index (χ0v) is 19.7. The number of ether oxygens (including phenoxy) is 2. The van der Waals surface area contributed by atoms with Crippen LogP contribution in [0.1, 0.15) is 16.3 Å². The summed E-state index contributed by atoms with van der Waals surface area (Å²) in [6.07, 6.45) is 0. The molecule has 0 bridgehead atoms. The van der Waals surface area contributed by atoms with E-state index in [1.54, 1.807) is 36.4 Å². The summed E-state index contributed by atoms with van der Waals surface area (Å²) in [4.78, 5) is 26.9. The van der Waals surface area contributed by atoms with E-state index in [1.165, 1.54) is 0 Å². The second-order valence-corrected chi connectivity index (χ2v) is 8.53. The lowest BCUT2D eigenvalue weighted by atomic mass is 10.1. The lowest BCUT2D eigenvalue weighted by Crippen LogP contribution is -2.41. The lowest BCUT2D eigenvalue weighted by molar-refractivity contribution is -0.118. The van der Waals surface area contributed by atoms with Crippen LogP contribution in [-0.4, -0.2) is 49.6 Å². The molecule has 1 aromatic heterocycles. The SMILES string of the molecule is O=C(CN1CCOCC1)Nc1ccc(NC(=O)c2ccc(COc3ccc4ccccc4c3)o2)cc1. The van der Waals surface area contributed by atoms with Crippen LogP contribution in [-0.2, 0) is 16.1 Å². The predicted molar refractivity (Wildman–Crippen MR) is 137 cm³/mol. The molecule has 0 spiro atoms. The van der Waals surface area contributed by atoms with Crippen molar-refractivity contribution in [1.82, 2.24) is 4.90 Å². The van der Waals surface area contributed by atoms with Crippen molar-refractivity contribution in [3.63, 3.8) is 0 Å². The molecule has 2 amide bonds. The number of fused-ring (bicyclic) bond motifs is 1. The molecule has 0 unspecified atom stereocenters. The molecule has 8 heteroatoms. The fraction of sp³-hybridized carbons (Fsp3) is 0.214. The molecule has 3 aromatic carbocycles. The summed E-state index contributed by atoms with van der Waals surface area (Å²) < 4.78 is 16.8. The molecule has 2 N–H and O–H groups in total. The molecule has 5 rings (SSSR count). The van der Waals surface area contributed by atoms with Crippen LogP contribution < -0.4 is 15.4 Å². The van der Waals surface area contributed by atoms with E-state index in [2.05, 4.69) is 15.5 Å². The Balaban J connectivity index is 1.11. The van der Waals surface area contributed by atoms with Crippen molar-refractivity contribution in [2.45, 2.75) is 6.61 Å². The van der Waals surface area contributed by atoms with Gasteiger partial charge in [0.05, 0.1) is 19.8 Å². The topological polar surface area (TPSA) is 93.0 Å². The molecular formula is C28H27N3O5. The molecule has 0 saturated carbocycles. The number of nitrogens with one attached hydrogen (secondary N) is 2. The molecule has 0 atom stereocenters. The maximum atomic E-state index is 12.6. The Morgan fingerprint density at radius 1 is 0.833 bits per heavy atom. The van der Waals surface area contributed by atoms with Gasteiger partial charge in [0, 0.05) is 24.5 Å². The quantitative estimate of drug-likeness (QED) is 0.381. The van der Waals surface area contributed by atoms with Gasteiger partial charge in [-0.25, -0.2) is 0 Å². The van der Waals surface area contributed by atoms with Gasteiger partial charge in [0.1, 0.15) is 18.1 Å². The summed E-state index contributed by atoms with van der Waals surface area (Å²) in [5.41, 5.74) is 1.26. The highest BCUT2D eigenvalue weighted by molar-refractivity contribution is 6.02. The molecule has 1 aliphatic rings. The van der Waals surface area contributed by atoms with E-state index < -0.39 is 0 Å². The van der Waals surface area contributed by atoms with E-state index in [-0.39, 0.29) is 24.2 Å². The number of rotatable bonds is 8. The Bertz CT molecular complexity index is 1340. The van der Waals surface area contributed by atoms with Crippen LogP contribution in [0.15, 0.2) is 83.3 Å².